The van der Waals surface area contributed by atoms with Gasteiger partial charge in [0.2, 0.25) is 0 Å². The van der Waals surface area contributed by atoms with E-state index in [2.05, 4.69) is 18.7 Å². The summed E-state index contributed by atoms with van der Waals surface area (Å²) in [6.45, 7) is 3.85. The van der Waals surface area contributed by atoms with Crippen LogP contribution in [0.15, 0.2) is 53.9 Å². The predicted molar refractivity (Wildman–Crippen MR) is 85.6 cm³/mol. The first-order chi connectivity index (χ1) is 9.76. The average molecular weight is 286 g/mol. The van der Waals surface area contributed by atoms with Crippen LogP contribution in [0.1, 0.15) is 11.1 Å². The van der Waals surface area contributed by atoms with Crippen LogP contribution in [-0.2, 0) is 5.75 Å². The zero-order chi connectivity index (χ0) is 14.4. The average Bonchev–Trinajstić information content (AvgIpc) is 2.53. The van der Waals surface area contributed by atoms with Gasteiger partial charge in [0, 0.05) is 10.6 Å². The van der Waals surface area contributed by atoms with Gasteiger partial charge in [-0.2, -0.15) is 0 Å². The third kappa shape index (κ3) is 3.58. The molecule has 0 aliphatic rings. The van der Waals surface area contributed by atoms with E-state index in [4.69, 9.17) is 9.47 Å². The lowest BCUT2D eigenvalue weighted by molar-refractivity contribution is 0.413. The van der Waals surface area contributed by atoms with Gasteiger partial charge in [-0.05, 0) is 35.4 Å². The minimum atomic E-state index is 0.868. The van der Waals surface area contributed by atoms with Crippen LogP contribution in [0.4, 0.5) is 0 Å². The predicted octanol–water partition coefficient (Wildman–Crippen LogP) is 4.64. The number of methoxy groups -OCH3 is 2. The molecule has 3 heteroatoms. The quantitative estimate of drug-likeness (QED) is 0.721. The van der Waals surface area contributed by atoms with Gasteiger partial charge in [0.15, 0.2) is 0 Å². The van der Waals surface area contributed by atoms with Crippen LogP contribution >= 0.6 is 11.8 Å². The Balaban J connectivity index is 2.10. The molecule has 2 nitrogen and oxygen atoms in total. The van der Waals surface area contributed by atoms with Crippen LogP contribution in [-0.4, -0.2) is 14.2 Å². The van der Waals surface area contributed by atoms with Gasteiger partial charge in [-0.15, -0.1) is 11.8 Å². The Morgan fingerprint density at radius 2 is 1.65 bits per heavy atom. The molecule has 0 heterocycles. The maximum Gasteiger partial charge on any atom is 0.120 e. The molecule has 0 unspecified atom stereocenters. The monoisotopic (exact) mass is 286 g/mol. The zero-order valence-electron chi connectivity index (χ0n) is 11.8. The smallest absolute Gasteiger partial charge is 0.120 e. The normalized spacial score (nSPS) is 10.1. The first-order valence-corrected chi connectivity index (χ1v) is 7.31. The van der Waals surface area contributed by atoms with Crippen molar-refractivity contribution in [3.05, 3.63) is 60.2 Å². The summed E-state index contributed by atoms with van der Waals surface area (Å²) >= 11 is 1.78. The second-order valence-corrected chi connectivity index (χ2v) is 5.26. The van der Waals surface area contributed by atoms with Crippen LogP contribution < -0.4 is 9.47 Å². The van der Waals surface area contributed by atoms with Crippen molar-refractivity contribution in [3.63, 3.8) is 0 Å². The fraction of sp³-hybridized carbons (Fsp3) is 0.176. The summed E-state index contributed by atoms with van der Waals surface area (Å²) in [4.78, 5) is 1.18. The van der Waals surface area contributed by atoms with Gasteiger partial charge in [0.05, 0.1) is 14.2 Å². The fourth-order valence-corrected chi connectivity index (χ4v) is 2.85. The molecule has 0 N–H and O–H groups in total. The molecular weight excluding hydrogens is 268 g/mol. The van der Waals surface area contributed by atoms with Crippen molar-refractivity contribution in [1.82, 2.24) is 0 Å². The van der Waals surface area contributed by atoms with Gasteiger partial charge in [0.1, 0.15) is 11.5 Å². The molecule has 0 saturated carbocycles. The lowest BCUT2D eigenvalue weighted by Gasteiger charge is -2.09. The largest absolute Gasteiger partial charge is 0.497 e. The van der Waals surface area contributed by atoms with Crippen LogP contribution in [0.25, 0.3) is 6.08 Å². The van der Waals surface area contributed by atoms with E-state index >= 15 is 0 Å². The number of thioether (sulfide) groups is 1. The SMILES string of the molecule is C=Cc1ccc(OC)cc1SCc1ccc(OC)cc1. The van der Waals surface area contributed by atoms with Crippen molar-refractivity contribution >= 4 is 17.8 Å². The van der Waals surface area contributed by atoms with Gasteiger partial charge in [-0.3, -0.25) is 0 Å². The summed E-state index contributed by atoms with van der Waals surface area (Å²) in [6.07, 6.45) is 1.87. The second-order valence-electron chi connectivity index (χ2n) is 4.24. The summed E-state index contributed by atoms with van der Waals surface area (Å²) in [6, 6.07) is 14.2. The van der Waals surface area contributed by atoms with Crippen LogP contribution in [0.2, 0.25) is 0 Å². The molecule has 0 aromatic heterocycles. The molecule has 20 heavy (non-hydrogen) atoms. The molecule has 0 aliphatic heterocycles. The van der Waals surface area contributed by atoms with Crippen molar-refractivity contribution in [2.45, 2.75) is 10.6 Å². The molecule has 0 saturated heterocycles. The van der Waals surface area contributed by atoms with E-state index < -0.39 is 0 Å². The highest BCUT2D eigenvalue weighted by Gasteiger charge is 2.04. The van der Waals surface area contributed by atoms with Gasteiger partial charge >= 0.3 is 0 Å². The van der Waals surface area contributed by atoms with Gasteiger partial charge < -0.3 is 9.47 Å². The Morgan fingerprint density at radius 1 is 1.00 bits per heavy atom. The Kier molecular flexibility index (Phi) is 5.13. The van der Waals surface area contributed by atoms with Gasteiger partial charge in [0.25, 0.3) is 0 Å². The molecule has 2 rings (SSSR count). The topological polar surface area (TPSA) is 18.5 Å². The Morgan fingerprint density at radius 3 is 2.25 bits per heavy atom. The van der Waals surface area contributed by atoms with Crippen LogP contribution in [0.3, 0.4) is 0 Å². The van der Waals surface area contributed by atoms with Crippen molar-refractivity contribution in [1.29, 1.82) is 0 Å². The van der Waals surface area contributed by atoms with Gasteiger partial charge in [-0.1, -0.05) is 30.9 Å². The van der Waals surface area contributed by atoms with E-state index in [1.807, 2.05) is 36.4 Å². The lowest BCUT2D eigenvalue weighted by Crippen LogP contribution is -1.87. The zero-order valence-corrected chi connectivity index (χ0v) is 12.6. The molecule has 2 aromatic carbocycles. The molecule has 0 amide bonds. The van der Waals surface area contributed by atoms with E-state index in [-0.39, 0.29) is 0 Å². The fourth-order valence-electron chi connectivity index (χ4n) is 1.82. The number of hydrogen-bond acceptors (Lipinski definition) is 3. The molecule has 0 fully saturated rings. The minimum Gasteiger partial charge on any atom is -0.497 e. The van der Waals surface area contributed by atoms with Crippen molar-refractivity contribution in [2.75, 3.05) is 14.2 Å². The molecule has 0 bridgehead atoms. The highest BCUT2D eigenvalue weighted by atomic mass is 32.2. The number of rotatable bonds is 6. The highest BCUT2D eigenvalue weighted by molar-refractivity contribution is 7.98. The molecule has 0 spiro atoms. The van der Waals surface area contributed by atoms with Crippen LogP contribution in [0.5, 0.6) is 11.5 Å². The third-order valence-corrected chi connectivity index (χ3v) is 4.14. The third-order valence-electron chi connectivity index (χ3n) is 2.99. The molecular formula is C17H18O2S. The standard InChI is InChI=1S/C17H18O2S/c1-4-14-7-10-16(19-3)11-17(14)20-12-13-5-8-15(18-2)9-6-13/h4-11H,1,12H2,2-3H3. The molecule has 0 aliphatic carbocycles. The summed E-state index contributed by atoms with van der Waals surface area (Å²) in [5.74, 6) is 2.65. The van der Waals surface area contributed by atoms with E-state index in [0.717, 1.165) is 22.8 Å². The minimum absolute atomic E-state index is 0.868. The van der Waals surface area contributed by atoms with Crippen molar-refractivity contribution < 1.29 is 9.47 Å². The summed E-state index contributed by atoms with van der Waals surface area (Å²) < 4.78 is 10.4. The first-order valence-electron chi connectivity index (χ1n) is 6.33. The Bertz CT molecular complexity index is 576. The maximum absolute atomic E-state index is 5.27. The van der Waals surface area contributed by atoms with E-state index in [9.17, 15) is 0 Å². The summed E-state index contributed by atoms with van der Waals surface area (Å²) in [5, 5.41) is 0. The van der Waals surface area contributed by atoms with Crippen LogP contribution in [0, 0.1) is 0 Å². The molecule has 2 aromatic rings. The van der Waals surface area contributed by atoms with E-state index in [1.54, 1.807) is 26.0 Å². The lowest BCUT2D eigenvalue weighted by atomic mass is 10.2. The van der Waals surface area contributed by atoms with Gasteiger partial charge in [-0.25, -0.2) is 0 Å². The number of hydrogen-bond donors (Lipinski definition) is 0. The van der Waals surface area contributed by atoms with E-state index in [0.29, 0.717) is 0 Å². The maximum atomic E-state index is 5.27. The number of ether oxygens (including phenoxy) is 2. The summed E-state index contributed by atoms with van der Waals surface area (Å²) in [7, 11) is 3.36. The molecule has 104 valence electrons. The van der Waals surface area contributed by atoms with Crippen molar-refractivity contribution in [3.8, 4) is 11.5 Å². The Hall–Kier alpha value is -1.87. The first kappa shape index (κ1) is 14.5. The molecule has 0 radical (unpaired) electrons. The Labute approximate surface area is 124 Å². The highest BCUT2D eigenvalue weighted by Crippen LogP contribution is 2.30. The number of benzene rings is 2. The second kappa shape index (κ2) is 7.06. The van der Waals surface area contributed by atoms with E-state index in [1.165, 1.54) is 10.5 Å². The molecule has 0 atom stereocenters. The summed E-state index contributed by atoms with van der Waals surface area (Å²) in [5.41, 5.74) is 2.39. The van der Waals surface area contributed by atoms with Crippen molar-refractivity contribution in [2.24, 2.45) is 0 Å².